The van der Waals surface area contributed by atoms with Crippen LogP contribution in [0.5, 0.6) is 5.75 Å². The van der Waals surface area contributed by atoms with E-state index in [1.54, 1.807) is 12.1 Å². The predicted molar refractivity (Wildman–Crippen MR) is 72.9 cm³/mol. The van der Waals surface area contributed by atoms with Crippen molar-refractivity contribution in [1.82, 2.24) is 5.32 Å². The van der Waals surface area contributed by atoms with Crippen LogP contribution in [-0.2, 0) is 4.79 Å². The fourth-order valence-corrected chi connectivity index (χ4v) is 1.53. The van der Waals surface area contributed by atoms with Crippen LogP contribution in [0.15, 0.2) is 24.3 Å². The third-order valence-corrected chi connectivity index (χ3v) is 2.93. The van der Waals surface area contributed by atoms with Crippen molar-refractivity contribution < 1.29 is 13.9 Å². The number of benzene rings is 1. The Kier molecular flexibility index (Phi) is 5.57. The van der Waals surface area contributed by atoms with Crippen LogP contribution < -0.4 is 15.8 Å². The number of ether oxygens (including phenoxy) is 1. The van der Waals surface area contributed by atoms with Gasteiger partial charge in [-0.1, -0.05) is 0 Å². The molecule has 1 saturated carbocycles. The molecule has 6 heteroatoms. The standard InChI is InChI=1S/C13H17FN2O2.ClH/c14-10-2-4-11(5-3-10)18-9-1-8-16-12(17)13(15)6-7-13;/h2-5H,1,6-9,15H2,(H,16,17);1H. The second kappa shape index (κ2) is 6.73. The van der Waals surface area contributed by atoms with Crippen molar-refractivity contribution in [3.05, 3.63) is 30.1 Å². The predicted octanol–water partition coefficient (Wildman–Crippen LogP) is 1.62. The highest BCUT2D eigenvalue weighted by Gasteiger charge is 2.45. The van der Waals surface area contributed by atoms with Gasteiger partial charge in [0, 0.05) is 6.54 Å². The molecule has 2 rings (SSSR count). The fourth-order valence-electron chi connectivity index (χ4n) is 1.53. The number of carbonyl (C=O) groups excluding carboxylic acids is 1. The maximum atomic E-state index is 12.6. The molecule has 0 bridgehead atoms. The Morgan fingerprint density at radius 3 is 2.58 bits per heavy atom. The van der Waals surface area contributed by atoms with Crippen LogP contribution in [0.2, 0.25) is 0 Å². The first-order valence-corrected chi connectivity index (χ1v) is 6.06. The quantitative estimate of drug-likeness (QED) is 0.782. The molecule has 0 heterocycles. The van der Waals surface area contributed by atoms with Crippen molar-refractivity contribution in [1.29, 1.82) is 0 Å². The summed E-state index contributed by atoms with van der Waals surface area (Å²) in [5.41, 5.74) is 5.12. The molecule has 1 aromatic carbocycles. The molecule has 4 nitrogen and oxygen atoms in total. The lowest BCUT2D eigenvalue weighted by atomic mass is 10.2. The Balaban J connectivity index is 0.00000180. The van der Waals surface area contributed by atoms with Gasteiger partial charge in [-0.25, -0.2) is 4.39 Å². The molecule has 0 unspecified atom stereocenters. The topological polar surface area (TPSA) is 64.4 Å². The molecule has 3 N–H and O–H groups in total. The molecule has 1 aliphatic carbocycles. The highest BCUT2D eigenvalue weighted by atomic mass is 35.5. The summed E-state index contributed by atoms with van der Waals surface area (Å²) in [6.45, 7) is 1.02. The van der Waals surface area contributed by atoms with Crippen LogP contribution in [0.4, 0.5) is 4.39 Å². The van der Waals surface area contributed by atoms with Gasteiger partial charge < -0.3 is 15.8 Å². The third kappa shape index (κ3) is 4.69. The van der Waals surface area contributed by atoms with Crippen LogP contribution in [-0.4, -0.2) is 24.6 Å². The summed E-state index contributed by atoms with van der Waals surface area (Å²) in [7, 11) is 0. The van der Waals surface area contributed by atoms with E-state index in [-0.39, 0.29) is 24.1 Å². The fraction of sp³-hybridized carbons (Fsp3) is 0.462. The van der Waals surface area contributed by atoms with Gasteiger partial charge in [0.1, 0.15) is 11.6 Å². The molecule has 0 spiro atoms. The van der Waals surface area contributed by atoms with Gasteiger partial charge in [-0.15, -0.1) is 12.4 Å². The molecule has 19 heavy (non-hydrogen) atoms. The smallest absolute Gasteiger partial charge is 0.240 e. The number of hydrogen-bond donors (Lipinski definition) is 2. The molecule has 1 aromatic rings. The molecule has 1 amide bonds. The van der Waals surface area contributed by atoms with Crippen molar-refractivity contribution in [3.8, 4) is 5.75 Å². The summed E-state index contributed by atoms with van der Waals surface area (Å²) in [5, 5.41) is 2.78. The lowest BCUT2D eigenvalue weighted by Gasteiger charge is -2.10. The van der Waals surface area contributed by atoms with Crippen LogP contribution in [0.3, 0.4) is 0 Å². The summed E-state index contributed by atoms with van der Waals surface area (Å²) in [5.74, 6) is 0.261. The van der Waals surface area contributed by atoms with Gasteiger partial charge in [0.15, 0.2) is 0 Å². The first-order valence-electron chi connectivity index (χ1n) is 6.06. The second-order valence-electron chi connectivity index (χ2n) is 4.57. The van der Waals surface area contributed by atoms with Crippen molar-refractivity contribution in [2.45, 2.75) is 24.8 Å². The minimum absolute atomic E-state index is 0. The lowest BCUT2D eigenvalue weighted by Crippen LogP contribution is -2.43. The molecule has 0 radical (unpaired) electrons. The largest absolute Gasteiger partial charge is 0.494 e. The van der Waals surface area contributed by atoms with Crippen LogP contribution in [0.25, 0.3) is 0 Å². The number of amides is 1. The number of halogens is 2. The molecule has 0 aliphatic heterocycles. The molecular weight excluding hydrogens is 271 g/mol. The van der Waals surface area contributed by atoms with E-state index in [0.29, 0.717) is 25.3 Å². The number of hydrogen-bond acceptors (Lipinski definition) is 3. The van der Waals surface area contributed by atoms with E-state index in [0.717, 1.165) is 12.8 Å². The monoisotopic (exact) mass is 288 g/mol. The first-order chi connectivity index (χ1) is 8.60. The van der Waals surface area contributed by atoms with Crippen molar-refractivity contribution in [2.24, 2.45) is 5.73 Å². The third-order valence-electron chi connectivity index (χ3n) is 2.93. The molecule has 0 saturated heterocycles. The van der Waals surface area contributed by atoms with Gasteiger partial charge in [-0.05, 0) is 43.5 Å². The maximum absolute atomic E-state index is 12.6. The maximum Gasteiger partial charge on any atom is 0.240 e. The van der Waals surface area contributed by atoms with Gasteiger partial charge >= 0.3 is 0 Å². The van der Waals surface area contributed by atoms with E-state index in [9.17, 15) is 9.18 Å². The van der Waals surface area contributed by atoms with Gasteiger partial charge in [-0.3, -0.25) is 4.79 Å². The van der Waals surface area contributed by atoms with E-state index in [2.05, 4.69) is 5.32 Å². The highest BCUT2D eigenvalue weighted by molar-refractivity contribution is 5.88. The van der Waals surface area contributed by atoms with Gasteiger partial charge in [0.2, 0.25) is 5.91 Å². The average molecular weight is 289 g/mol. The Hall–Kier alpha value is -1.33. The van der Waals surface area contributed by atoms with E-state index in [4.69, 9.17) is 10.5 Å². The first kappa shape index (κ1) is 15.7. The SMILES string of the molecule is Cl.NC1(C(=O)NCCCOc2ccc(F)cc2)CC1. The molecule has 0 atom stereocenters. The van der Waals surface area contributed by atoms with E-state index in [1.807, 2.05) is 0 Å². The summed E-state index contributed by atoms with van der Waals surface area (Å²) in [6, 6.07) is 5.85. The van der Waals surface area contributed by atoms with E-state index in [1.165, 1.54) is 12.1 Å². The van der Waals surface area contributed by atoms with Crippen molar-refractivity contribution >= 4 is 18.3 Å². The van der Waals surface area contributed by atoms with E-state index >= 15 is 0 Å². The van der Waals surface area contributed by atoms with Gasteiger partial charge in [0.05, 0.1) is 12.1 Å². The van der Waals surface area contributed by atoms with Gasteiger partial charge in [-0.2, -0.15) is 0 Å². The number of rotatable bonds is 6. The number of nitrogens with one attached hydrogen (secondary N) is 1. The van der Waals surface area contributed by atoms with Crippen molar-refractivity contribution in [2.75, 3.05) is 13.2 Å². The zero-order valence-electron chi connectivity index (χ0n) is 10.5. The summed E-state index contributed by atoms with van der Waals surface area (Å²) in [4.78, 5) is 11.5. The molecule has 106 valence electrons. The summed E-state index contributed by atoms with van der Waals surface area (Å²) < 4.78 is 18.0. The Bertz CT molecular complexity index is 421. The average Bonchev–Trinajstić information content (AvgIpc) is 3.10. The van der Waals surface area contributed by atoms with Crippen LogP contribution >= 0.6 is 12.4 Å². The van der Waals surface area contributed by atoms with E-state index < -0.39 is 5.54 Å². The number of nitrogens with two attached hydrogens (primary N) is 1. The molecule has 1 aliphatic rings. The van der Waals surface area contributed by atoms with Crippen LogP contribution in [0, 0.1) is 5.82 Å². The normalized spacial score (nSPS) is 15.3. The lowest BCUT2D eigenvalue weighted by molar-refractivity contribution is -0.123. The highest BCUT2D eigenvalue weighted by Crippen LogP contribution is 2.31. The molecular formula is C13H18ClFN2O2. The van der Waals surface area contributed by atoms with Gasteiger partial charge in [0.25, 0.3) is 0 Å². The zero-order chi connectivity index (χ0) is 13.0. The van der Waals surface area contributed by atoms with Crippen LogP contribution in [0.1, 0.15) is 19.3 Å². The van der Waals surface area contributed by atoms with Crippen molar-refractivity contribution in [3.63, 3.8) is 0 Å². The minimum Gasteiger partial charge on any atom is -0.494 e. The summed E-state index contributed by atoms with van der Waals surface area (Å²) in [6.07, 6.45) is 2.23. The minimum atomic E-state index is -0.613. The Morgan fingerprint density at radius 2 is 2.00 bits per heavy atom. The second-order valence-corrected chi connectivity index (χ2v) is 4.57. The zero-order valence-corrected chi connectivity index (χ0v) is 11.3. The molecule has 1 fully saturated rings. The Morgan fingerprint density at radius 1 is 1.37 bits per heavy atom. The molecule has 0 aromatic heterocycles. The number of carbonyl (C=O) groups is 1. The summed E-state index contributed by atoms with van der Waals surface area (Å²) >= 11 is 0. The Labute approximate surface area is 117 Å².